The highest BCUT2D eigenvalue weighted by Crippen LogP contribution is 2.25. The van der Waals surface area contributed by atoms with E-state index < -0.39 is 5.97 Å². The number of carbonyl (C=O) groups is 1. The Balaban J connectivity index is 2.66. The summed E-state index contributed by atoms with van der Waals surface area (Å²) in [5, 5.41) is 9.00. The molecule has 2 rings (SSSR count). The molecule has 6 heteroatoms. The van der Waals surface area contributed by atoms with Crippen LogP contribution in [0.25, 0.3) is 5.69 Å². The zero-order valence-corrected chi connectivity index (χ0v) is 11.6. The van der Waals surface area contributed by atoms with Crippen LogP contribution in [0.2, 0.25) is 0 Å². The Hall–Kier alpha value is -2.26. The molecule has 0 saturated carbocycles. The van der Waals surface area contributed by atoms with Crippen molar-refractivity contribution in [1.82, 2.24) is 4.57 Å². The van der Waals surface area contributed by atoms with E-state index in [1.54, 1.807) is 16.7 Å². The second-order valence-corrected chi connectivity index (χ2v) is 4.67. The second kappa shape index (κ2) is 5.16. The molecule has 2 aromatic rings. The summed E-state index contributed by atoms with van der Waals surface area (Å²) < 4.78 is 7.16. The molecule has 0 unspecified atom stereocenters. The Morgan fingerprint density at radius 2 is 2.05 bits per heavy atom. The molecule has 5 nitrogen and oxygen atoms in total. The number of halogens is 1. The van der Waals surface area contributed by atoms with Gasteiger partial charge in [0.15, 0.2) is 5.69 Å². The number of hydrogen-bond acceptors (Lipinski definition) is 4. The Morgan fingerprint density at radius 1 is 1.42 bits per heavy atom. The van der Waals surface area contributed by atoms with Crippen molar-refractivity contribution in [1.29, 1.82) is 5.26 Å². The standard InChI is InChI=1S/C13H10BrN3O2/c1-19-13(18)12-11(16)8(6-15)7-17(12)10-4-2-9(14)3-5-10/h2-5,7H,16H2,1H3. The van der Waals surface area contributed by atoms with E-state index in [0.29, 0.717) is 0 Å². The highest BCUT2D eigenvalue weighted by molar-refractivity contribution is 9.10. The van der Waals surface area contributed by atoms with Gasteiger partial charge in [0.25, 0.3) is 0 Å². The highest BCUT2D eigenvalue weighted by Gasteiger charge is 2.21. The van der Waals surface area contributed by atoms with Gasteiger partial charge >= 0.3 is 5.97 Å². The van der Waals surface area contributed by atoms with Crippen LogP contribution in [-0.4, -0.2) is 17.6 Å². The fourth-order valence-corrected chi connectivity index (χ4v) is 1.98. The molecule has 1 aromatic carbocycles. The zero-order valence-electron chi connectivity index (χ0n) is 10.1. The molecule has 0 aliphatic carbocycles. The first-order valence-electron chi connectivity index (χ1n) is 5.33. The van der Waals surface area contributed by atoms with Crippen molar-refractivity contribution in [2.75, 3.05) is 12.8 Å². The number of rotatable bonds is 2. The van der Waals surface area contributed by atoms with Crippen LogP contribution in [0.4, 0.5) is 5.69 Å². The number of aromatic nitrogens is 1. The Kier molecular flexibility index (Phi) is 3.58. The van der Waals surface area contributed by atoms with E-state index in [2.05, 4.69) is 15.9 Å². The third kappa shape index (κ3) is 2.33. The number of methoxy groups -OCH3 is 1. The summed E-state index contributed by atoms with van der Waals surface area (Å²) in [6, 6.07) is 9.22. The third-order valence-electron chi connectivity index (χ3n) is 2.65. The molecule has 0 radical (unpaired) electrons. The van der Waals surface area contributed by atoms with Crippen molar-refractivity contribution in [3.63, 3.8) is 0 Å². The Morgan fingerprint density at radius 3 is 2.58 bits per heavy atom. The van der Waals surface area contributed by atoms with Gasteiger partial charge < -0.3 is 15.0 Å². The molecule has 0 atom stereocenters. The van der Waals surface area contributed by atoms with E-state index in [-0.39, 0.29) is 16.9 Å². The van der Waals surface area contributed by atoms with Crippen LogP contribution in [0.5, 0.6) is 0 Å². The average molecular weight is 320 g/mol. The lowest BCUT2D eigenvalue weighted by Gasteiger charge is -2.08. The number of hydrogen-bond donors (Lipinski definition) is 1. The highest BCUT2D eigenvalue weighted by atomic mass is 79.9. The summed E-state index contributed by atoms with van der Waals surface area (Å²) in [7, 11) is 1.27. The van der Waals surface area contributed by atoms with Gasteiger partial charge in [-0.05, 0) is 24.3 Å². The van der Waals surface area contributed by atoms with Crippen molar-refractivity contribution in [2.45, 2.75) is 0 Å². The number of benzene rings is 1. The van der Waals surface area contributed by atoms with Crippen molar-refractivity contribution < 1.29 is 9.53 Å². The Labute approximate surface area is 118 Å². The molecule has 0 spiro atoms. The lowest BCUT2D eigenvalue weighted by Crippen LogP contribution is -2.11. The van der Waals surface area contributed by atoms with E-state index in [4.69, 9.17) is 15.7 Å². The van der Waals surface area contributed by atoms with Crippen molar-refractivity contribution >= 4 is 27.6 Å². The van der Waals surface area contributed by atoms with Crippen LogP contribution in [0, 0.1) is 11.3 Å². The maximum absolute atomic E-state index is 11.8. The Bertz CT molecular complexity index is 668. The van der Waals surface area contributed by atoms with Crippen LogP contribution in [-0.2, 0) is 4.74 Å². The first-order valence-corrected chi connectivity index (χ1v) is 6.13. The topological polar surface area (TPSA) is 81.0 Å². The number of carbonyl (C=O) groups excluding carboxylic acids is 1. The molecule has 1 heterocycles. The first-order chi connectivity index (χ1) is 9.08. The van der Waals surface area contributed by atoms with Gasteiger partial charge in [0.05, 0.1) is 18.4 Å². The molecule has 0 fully saturated rings. The van der Waals surface area contributed by atoms with Crippen LogP contribution in [0.15, 0.2) is 34.9 Å². The third-order valence-corrected chi connectivity index (χ3v) is 3.18. The SMILES string of the molecule is COC(=O)c1c(N)c(C#N)cn1-c1ccc(Br)cc1. The maximum Gasteiger partial charge on any atom is 0.357 e. The number of nitrogens with two attached hydrogens (primary N) is 1. The van der Waals surface area contributed by atoms with Gasteiger partial charge in [-0.1, -0.05) is 15.9 Å². The number of ether oxygens (including phenoxy) is 1. The van der Waals surface area contributed by atoms with Crippen molar-refractivity contribution in [2.24, 2.45) is 0 Å². The number of nitriles is 1. The first kappa shape index (κ1) is 13.2. The molecule has 0 bridgehead atoms. The minimum atomic E-state index is -0.582. The van der Waals surface area contributed by atoms with Gasteiger partial charge in [0.1, 0.15) is 6.07 Å². The minimum Gasteiger partial charge on any atom is -0.464 e. The summed E-state index contributed by atoms with van der Waals surface area (Å²) in [6.45, 7) is 0. The van der Waals surface area contributed by atoms with Crippen LogP contribution >= 0.6 is 15.9 Å². The van der Waals surface area contributed by atoms with Gasteiger partial charge in [-0.3, -0.25) is 0 Å². The molecule has 19 heavy (non-hydrogen) atoms. The lowest BCUT2D eigenvalue weighted by atomic mass is 10.2. The summed E-state index contributed by atoms with van der Waals surface area (Å²) >= 11 is 3.33. The van der Waals surface area contributed by atoms with E-state index in [9.17, 15) is 4.79 Å². The molecular formula is C13H10BrN3O2. The van der Waals surface area contributed by atoms with Gasteiger partial charge in [-0.2, -0.15) is 5.26 Å². The largest absolute Gasteiger partial charge is 0.464 e. The van der Waals surface area contributed by atoms with E-state index >= 15 is 0 Å². The molecular weight excluding hydrogens is 310 g/mol. The zero-order chi connectivity index (χ0) is 14.0. The molecule has 0 amide bonds. The van der Waals surface area contributed by atoms with Crippen LogP contribution < -0.4 is 5.73 Å². The summed E-state index contributed by atoms with van der Waals surface area (Å²) in [6.07, 6.45) is 1.52. The molecule has 0 aliphatic heterocycles. The quantitative estimate of drug-likeness (QED) is 0.862. The molecule has 96 valence electrons. The summed E-state index contributed by atoms with van der Waals surface area (Å²) in [4.78, 5) is 11.8. The van der Waals surface area contributed by atoms with Crippen LogP contribution in [0.3, 0.4) is 0 Å². The van der Waals surface area contributed by atoms with Crippen molar-refractivity contribution in [3.05, 3.63) is 46.2 Å². The minimum absolute atomic E-state index is 0.122. The number of nitrogen functional groups attached to an aromatic ring is 1. The maximum atomic E-state index is 11.8. The molecule has 1 aromatic heterocycles. The lowest BCUT2D eigenvalue weighted by molar-refractivity contribution is 0.0593. The predicted molar refractivity (Wildman–Crippen MR) is 73.9 cm³/mol. The molecule has 2 N–H and O–H groups in total. The monoisotopic (exact) mass is 319 g/mol. The molecule has 0 saturated heterocycles. The summed E-state index contributed by atoms with van der Waals surface area (Å²) in [5.41, 5.74) is 7.04. The summed E-state index contributed by atoms with van der Waals surface area (Å²) in [5.74, 6) is -0.582. The van der Waals surface area contributed by atoms with Crippen LogP contribution in [0.1, 0.15) is 16.1 Å². The van der Waals surface area contributed by atoms with E-state index in [0.717, 1.165) is 10.2 Å². The van der Waals surface area contributed by atoms with Gasteiger partial charge in [-0.15, -0.1) is 0 Å². The second-order valence-electron chi connectivity index (χ2n) is 3.75. The van der Waals surface area contributed by atoms with Gasteiger partial charge in [0.2, 0.25) is 0 Å². The van der Waals surface area contributed by atoms with Gasteiger partial charge in [-0.25, -0.2) is 4.79 Å². The smallest absolute Gasteiger partial charge is 0.357 e. The number of nitrogens with zero attached hydrogens (tertiary/aromatic N) is 2. The van der Waals surface area contributed by atoms with E-state index in [1.165, 1.54) is 13.3 Å². The number of esters is 1. The fourth-order valence-electron chi connectivity index (χ4n) is 1.72. The van der Waals surface area contributed by atoms with Crippen molar-refractivity contribution in [3.8, 4) is 11.8 Å². The number of anilines is 1. The normalized spacial score (nSPS) is 9.95. The predicted octanol–water partition coefficient (Wildman–Crippen LogP) is 2.48. The fraction of sp³-hybridized carbons (Fsp3) is 0.0769. The van der Waals surface area contributed by atoms with Gasteiger partial charge in [0, 0.05) is 16.4 Å². The van der Waals surface area contributed by atoms with E-state index in [1.807, 2.05) is 18.2 Å². The average Bonchev–Trinajstić information content (AvgIpc) is 2.75. The molecule has 0 aliphatic rings.